The summed E-state index contributed by atoms with van der Waals surface area (Å²) < 4.78 is 12.4. The number of unbranched alkanes of at least 4 members (excludes halogenated alkanes) is 1. The number of allylic oxidation sites excluding steroid dienone is 4. The number of esters is 2. The van der Waals surface area contributed by atoms with Crippen molar-refractivity contribution in [3.05, 3.63) is 82.0 Å². The molecular formula is C40H45N3O6. The normalized spacial score (nSPS) is 31.5. The van der Waals surface area contributed by atoms with Crippen molar-refractivity contribution >= 4 is 29.6 Å². The van der Waals surface area contributed by atoms with E-state index in [0.717, 1.165) is 67.2 Å². The maximum atomic E-state index is 14.4. The quantitative estimate of drug-likeness (QED) is 0.227. The summed E-state index contributed by atoms with van der Waals surface area (Å²) in [5, 5.41) is 0. The van der Waals surface area contributed by atoms with Gasteiger partial charge in [0.15, 0.2) is 0 Å². The lowest BCUT2D eigenvalue weighted by molar-refractivity contribution is -0.137. The maximum absolute atomic E-state index is 14.4. The highest BCUT2D eigenvalue weighted by Gasteiger charge is 2.69. The molecule has 256 valence electrons. The highest BCUT2D eigenvalue weighted by atomic mass is 16.5. The number of hydrogen-bond acceptors (Lipinski definition) is 8. The molecule has 1 aromatic heterocycles. The minimum absolute atomic E-state index is 0.0540. The molecule has 5 atom stereocenters. The van der Waals surface area contributed by atoms with E-state index < -0.39 is 11.3 Å². The van der Waals surface area contributed by atoms with Gasteiger partial charge in [0.25, 0.3) is 11.8 Å². The van der Waals surface area contributed by atoms with Gasteiger partial charge in [-0.25, -0.2) is 14.6 Å². The number of carbonyl (C=O) groups excluding carboxylic acids is 4. The fourth-order valence-corrected chi connectivity index (χ4v) is 10.5. The average molecular weight is 664 g/mol. The molecule has 2 amide bonds. The van der Waals surface area contributed by atoms with E-state index in [2.05, 4.69) is 18.0 Å². The van der Waals surface area contributed by atoms with Crippen LogP contribution in [0.3, 0.4) is 0 Å². The van der Waals surface area contributed by atoms with Gasteiger partial charge in [-0.3, -0.25) is 14.5 Å². The Kier molecular flexibility index (Phi) is 8.19. The Hall–Kier alpha value is -4.27. The van der Waals surface area contributed by atoms with Crippen molar-refractivity contribution in [1.82, 2.24) is 9.88 Å². The van der Waals surface area contributed by atoms with Crippen LogP contribution in [0.4, 0.5) is 5.82 Å². The largest absolute Gasteiger partial charge is 0.427 e. The number of pyridine rings is 1. The summed E-state index contributed by atoms with van der Waals surface area (Å²) in [5.41, 5.74) is 9.41. The third-order valence-electron chi connectivity index (χ3n) is 12.5. The maximum Gasteiger partial charge on any atom is 0.340 e. The SMILES string of the molecule is CCCC=C1OC(=O)C2=C1CCC1C3CCC4(C(=CCCC5CCCCC5)OC(=O)C4=C3C(CN3C(=O)C=CC3=O)c3ccnc(N)c3)C21. The summed E-state index contributed by atoms with van der Waals surface area (Å²) in [6, 6.07) is 3.65. The van der Waals surface area contributed by atoms with Gasteiger partial charge in [0.05, 0.1) is 11.0 Å². The zero-order valence-electron chi connectivity index (χ0n) is 28.2. The molecule has 49 heavy (non-hydrogen) atoms. The Morgan fingerprint density at radius 2 is 1.80 bits per heavy atom. The molecule has 5 aliphatic carbocycles. The molecule has 9 nitrogen and oxygen atoms in total. The van der Waals surface area contributed by atoms with E-state index in [4.69, 9.17) is 15.2 Å². The Morgan fingerprint density at radius 1 is 1.00 bits per heavy atom. The standard InChI is InChI=1S/C40H45N3O6/c1-2-3-11-29-27-14-13-26-25-17-19-40(36(26)35(27)38(46)48-29)30(12-7-10-23-8-5-4-6-9-23)49-39(47)37(40)34(25)28(24-18-20-42-31(41)21-24)22-43-32(44)15-16-33(43)45/h11-12,15-16,18,20-21,23,25-26,28,36H,2-10,13-14,17,19,22H2,1H3,(H2,41,42). The number of fused-ring (bicyclic) bond motifs is 1. The molecule has 1 aromatic rings. The molecule has 3 aliphatic heterocycles. The molecule has 2 N–H and O–H groups in total. The topological polar surface area (TPSA) is 129 Å². The number of imide groups is 1. The predicted molar refractivity (Wildman–Crippen MR) is 182 cm³/mol. The van der Waals surface area contributed by atoms with Crippen molar-refractivity contribution in [1.29, 1.82) is 0 Å². The van der Waals surface area contributed by atoms with E-state index in [1.807, 2.05) is 12.1 Å². The van der Waals surface area contributed by atoms with E-state index in [0.29, 0.717) is 35.2 Å². The zero-order chi connectivity index (χ0) is 33.9. The first-order valence-corrected chi connectivity index (χ1v) is 18.4. The van der Waals surface area contributed by atoms with E-state index in [1.54, 1.807) is 12.3 Å². The van der Waals surface area contributed by atoms with E-state index >= 15 is 0 Å². The number of anilines is 1. The average Bonchev–Trinajstić information content (AvgIpc) is 3.72. The second kappa shape index (κ2) is 12.6. The molecular weight excluding hydrogens is 618 g/mol. The van der Waals surface area contributed by atoms with Gasteiger partial charge in [-0.15, -0.1) is 0 Å². The lowest BCUT2D eigenvalue weighted by atomic mass is 9.43. The lowest BCUT2D eigenvalue weighted by Crippen LogP contribution is -2.53. The van der Waals surface area contributed by atoms with Crippen LogP contribution < -0.4 is 5.73 Å². The van der Waals surface area contributed by atoms with Gasteiger partial charge in [0.1, 0.15) is 17.3 Å². The van der Waals surface area contributed by atoms with Gasteiger partial charge in [-0.1, -0.05) is 45.4 Å². The molecule has 5 unspecified atom stereocenters. The van der Waals surface area contributed by atoms with Crippen LogP contribution in [0.15, 0.2) is 76.4 Å². The third kappa shape index (κ3) is 5.14. The van der Waals surface area contributed by atoms with Crippen LogP contribution in [0.25, 0.3) is 0 Å². The number of nitrogens with two attached hydrogens (primary N) is 1. The third-order valence-corrected chi connectivity index (χ3v) is 12.5. The summed E-state index contributed by atoms with van der Waals surface area (Å²) in [7, 11) is 0. The second-order valence-electron chi connectivity index (χ2n) is 15.0. The molecule has 2 saturated carbocycles. The number of amides is 2. The number of aromatic nitrogens is 1. The molecule has 9 rings (SSSR count). The van der Waals surface area contributed by atoms with Gasteiger partial charge in [-0.2, -0.15) is 0 Å². The van der Waals surface area contributed by atoms with E-state index in [1.165, 1.54) is 49.2 Å². The fraction of sp³-hybridized carbons (Fsp3) is 0.525. The van der Waals surface area contributed by atoms with Gasteiger partial charge in [-0.05, 0) is 98.1 Å². The van der Waals surface area contributed by atoms with E-state index in [9.17, 15) is 19.2 Å². The van der Waals surface area contributed by atoms with Crippen LogP contribution in [0, 0.1) is 29.1 Å². The molecule has 0 aromatic carbocycles. The van der Waals surface area contributed by atoms with Crippen LogP contribution >= 0.6 is 0 Å². The Morgan fingerprint density at radius 3 is 2.55 bits per heavy atom. The number of ether oxygens (including phenoxy) is 2. The molecule has 3 fully saturated rings. The Balaban J connectivity index is 1.30. The molecule has 8 aliphatic rings. The van der Waals surface area contributed by atoms with Crippen molar-refractivity contribution in [3.8, 4) is 0 Å². The summed E-state index contributed by atoms with van der Waals surface area (Å²) >= 11 is 0. The number of cyclic esters (lactones) is 2. The second-order valence-corrected chi connectivity index (χ2v) is 15.0. The van der Waals surface area contributed by atoms with Crippen molar-refractivity contribution in [2.75, 3.05) is 12.3 Å². The summed E-state index contributed by atoms with van der Waals surface area (Å²) in [4.78, 5) is 59.7. The van der Waals surface area contributed by atoms with Crippen molar-refractivity contribution in [2.24, 2.45) is 29.1 Å². The fourth-order valence-electron chi connectivity index (χ4n) is 10.5. The zero-order valence-corrected chi connectivity index (χ0v) is 28.2. The Labute approximate surface area is 287 Å². The van der Waals surface area contributed by atoms with Gasteiger partial charge < -0.3 is 15.2 Å². The van der Waals surface area contributed by atoms with Crippen molar-refractivity contribution in [3.63, 3.8) is 0 Å². The van der Waals surface area contributed by atoms with Crippen LogP contribution in [-0.2, 0) is 28.7 Å². The smallest absolute Gasteiger partial charge is 0.340 e. The van der Waals surface area contributed by atoms with Crippen LogP contribution in [0.5, 0.6) is 0 Å². The number of rotatable bonds is 9. The van der Waals surface area contributed by atoms with Crippen molar-refractivity contribution in [2.45, 2.75) is 96.3 Å². The monoisotopic (exact) mass is 663 g/mol. The van der Waals surface area contributed by atoms with Gasteiger partial charge >= 0.3 is 11.9 Å². The van der Waals surface area contributed by atoms with E-state index in [-0.39, 0.29) is 48.1 Å². The molecule has 2 bridgehead atoms. The Bertz CT molecular complexity index is 1760. The first-order chi connectivity index (χ1) is 23.8. The van der Waals surface area contributed by atoms with Gasteiger partial charge in [0.2, 0.25) is 0 Å². The first-order valence-electron chi connectivity index (χ1n) is 18.4. The highest BCUT2D eigenvalue weighted by molar-refractivity contribution is 6.13. The molecule has 1 spiro atoms. The van der Waals surface area contributed by atoms with Gasteiger partial charge in [0, 0.05) is 47.9 Å². The van der Waals surface area contributed by atoms with Crippen LogP contribution in [-0.4, -0.2) is 40.2 Å². The number of nitrogens with zero attached hydrogens (tertiary/aromatic N) is 2. The summed E-state index contributed by atoms with van der Waals surface area (Å²) in [5.74, 6) is 0.190. The minimum Gasteiger partial charge on any atom is -0.427 e. The number of hydrogen-bond donors (Lipinski definition) is 1. The summed E-state index contributed by atoms with van der Waals surface area (Å²) in [6.45, 7) is 2.18. The molecule has 0 radical (unpaired) electrons. The number of nitrogen functional groups attached to an aromatic ring is 1. The number of carbonyl (C=O) groups is 4. The first kappa shape index (κ1) is 32.0. The molecule has 4 heterocycles. The van der Waals surface area contributed by atoms with Crippen LogP contribution in [0.2, 0.25) is 0 Å². The molecule has 9 heteroatoms. The highest BCUT2D eigenvalue weighted by Crippen LogP contribution is 2.71. The summed E-state index contributed by atoms with van der Waals surface area (Å²) in [6.07, 6.45) is 21.4. The minimum atomic E-state index is -0.827. The molecule has 1 saturated heterocycles. The lowest BCUT2D eigenvalue weighted by Gasteiger charge is -2.57. The van der Waals surface area contributed by atoms with Crippen LogP contribution in [0.1, 0.15) is 102 Å². The van der Waals surface area contributed by atoms with Crippen molar-refractivity contribution < 1.29 is 28.7 Å². The predicted octanol–water partition coefficient (Wildman–Crippen LogP) is 6.74.